The van der Waals surface area contributed by atoms with Gasteiger partial charge in [-0.2, -0.15) is 14.0 Å². The zero-order valence-electron chi connectivity index (χ0n) is 20.3. The summed E-state index contributed by atoms with van der Waals surface area (Å²) >= 11 is 0. The van der Waals surface area contributed by atoms with Gasteiger partial charge in [-0.05, 0) is 67.2 Å². The lowest BCUT2D eigenvalue weighted by atomic mass is 9.95. The van der Waals surface area contributed by atoms with Crippen LogP contribution in [-0.4, -0.2) is 51.2 Å². The van der Waals surface area contributed by atoms with Gasteiger partial charge in [0.1, 0.15) is 5.67 Å². The third-order valence-corrected chi connectivity index (χ3v) is 8.94. The molecular formula is C27H24F2N6O3. The molecule has 194 valence electrons. The number of anilines is 1. The van der Waals surface area contributed by atoms with Gasteiger partial charge < -0.3 is 10.2 Å². The molecule has 11 heteroatoms. The lowest BCUT2D eigenvalue weighted by Gasteiger charge is -2.22. The van der Waals surface area contributed by atoms with Crippen LogP contribution in [0.3, 0.4) is 0 Å². The van der Waals surface area contributed by atoms with E-state index in [4.69, 9.17) is 0 Å². The van der Waals surface area contributed by atoms with Crippen molar-refractivity contribution in [3.8, 4) is 0 Å². The Morgan fingerprint density at radius 1 is 1.08 bits per heavy atom. The van der Waals surface area contributed by atoms with Gasteiger partial charge in [0.15, 0.2) is 5.65 Å². The minimum absolute atomic E-state index is 0.0109. The van der Waals surface area contributed by atoms with Gasteiger partial charge in [-0.15, -0.1) is 0 Å². The average Bonchev–Trinajstić information content (AvgIpc) is 3.81. The molecule has 38 heavy (non-hydrogen) atoms. The first-order valence-electron chi connectivity index (χ1n) is 13.0. The van der Waals surface area contributed by atoms with E-state index >= 15 is 0 Å². The fourth-order valence-electron chi connectivity index (χ4n) is 6.34. The van der Waals surface area contributed by atoms with Crippen LogP contribution < -0.4 is 15.5 Å². The molecule has 2 N–H and O–H groups in total. The molecule has 3 atom stereocenters. The van der Waals surface area contributed by atoms with E-state index in [0.717, 1.165) is 52.4 Å². The molecule has 3 aromatic rings. The maximum Gasteiger partial charge on any atom is 0.321 e. The largest absolute Gasteiger partial charge is 0.337 e. The topological polar surface area (TPSA) is 109 Å². The molecule has 0 bridgehead atoms. The van der Waals surface area contributed by atoms with Crippen molar-refractivity contribution in [1.82, 2.24) is 25.2 Å². The summed E-state index contributed by atoms with van der Waals surface area (Å²) in [4.78, 5) is 43.2. The first-order valence-corrected chi connectivity index (χ1v) is 13.0. The van der Waals surface area contributed by atoms with E-state index in [2.05, 4.69) is 26.8 Å². The van der Waals surface area contributed by atoms with Crippen LogP contribution in [-0.2, 0) is 15.0 Å². The number of carbonyl (C=O) groups excluding carboxylic acids is 3. The molecular weight excluding hydrogens is 494 g/mol. The number of hydrogen-bond donors (Lipinski definition) is 2. The number of fused-ring (bicyclic) bond motifs is 3. The van der Waals surface area contributed by atoms with Gasteiger partial charge in [0.25, 0.3) is 0 Å². The van der Waals surface area contributed by atoms with Gasteiger partial charge in [0.2, 0.25) is 17.8 Å². The van der Waals surface area contributed by atoms with Gasteiger partial charge in [0.05, 0.1) is 29.8 Å². The van der Waals surface area contributed by atoms with E-state index in [-0.39, 0.29) is 30.8 Å². The number of amides is 4. The maximum atomic E-state index is 14.7. The molecule has 3 aliphatic carbocycles. The van der Waals surface area contributed by atoms with Crippen LogP contribution >= 0.6 is 0 Å². The summed E-state index contributed by atoms with van der Waals surface area (Å²) in [5, 5.41) is 9.15. The predicted octanol–water partition coefficient (Wildman–Crippen LogP) is 2.94. The molecule has 2 aliphatic heterocycles. The van der Waals surface area contributed by atoms with Crippen molar-refractivity contribution in [2.24, 2.45) is 0 Å². The number of imide groups is 1. The normalized spacial score (nSPS) is 27.9. The number of nitrogens with zero attached hydrogens (tertiary/aromatic N) is 4. The van der Waals surface area contributed by atoms with Crippen LogP contribution in [0.25, 0.3) is 5.65 Å². The highest BCUT2D eigenvalue weighted by Gasteiger charge is 2.61. The van der Waals surface area contributed by atoms with Gasteiger partial charge in [-0.1, -0.05) is 12.1 Å². The molecule has 5 aliphatic rings. The summed E-state index contributed by atoms with van der Waals surface area (Å²) < 4.78 is 30.4. The summed E-state index contributed by atoms with van der Waals surface area (Å²) in [6.45, 7) is 0.180. The van der Waals surface area contributed by atoms with E-state index < -0.39 is 34.9 Å². The lowest BCUT2D eigenvalue weighted by molar-refractivity contribution is -0.122. The van der Waals surface area contributed by atoms with E-state index in [9.17, 15) is 23.2 Å². The summed E-state index contributed by atoms with van der Waals surface area (Å²) in [6, 6.07) is 7.34. The van der Waals surface area contributed by atoms with E-state index in [1.165, 1.54) is 0 Å². The highest BCUT2D eigenvalue weighted by molar-refractivity contribution is 6.10. The van der Waals surface area contributed by atoms with Crippen molar-refractivity contribution in [3.05, 3.63) is 58.8 Å². The Labute approximate surface area is 215 Å². The number of carbonyl (C=O) groups is 3. The molecule has 4 fully saturated rings. The minimum atomic E-state index is -1.28. The number of rotatable bonds is 5. The minimum Gasteiger partial charge on any atom is -0.337 e. The highest BCUT2D eigenvalue weighted by Crippen LogP contribution is 2.61. The number of benzene rings is 1. The Bertz CT molecular complexity index is 1590. The number of hydrogen-bond acceptors (Lipinski definition) is 5. The summed E-state index contributed by atoms with van der Waals surface area (Å²) in [5.74, 6) is -1.74. The number of aromatic nitrogens is 3. The second kappa shape index (κ2) is 7.15. The Morgan fingerprint density at radius 2 is 1.89 bits per heavy atom. The van der Waals surface area contributed by atoms with Crippen molar-refractivity contribution in [2.75, 3.05) is 18.0 Å². The average molecular weight is 519 g/mol. The van der Waals surface area contributed by atoms with E-state index in [1.54, 1.807) is 11.0 Å². The first-order chi connectivity index (χ1) is 18.3. The van der Waals surface area contributed by atoms with Crippen molar-refractivity contribution in [1.29, 1.82) is 0 Å². The predicted molar refractivity (Wildman–Crippen MR) is 130 cm³/mol. The fourth-order valence-corrected chi connectivity index (χ4v) is 6.34. The standard InChI is InChI=1S/C27H24F2N6O3/c28-21-11-30-22-16(9-19(33-35(21)22)17-10-31-25(38)32-23(17)36)15-8-14(15)13-1-2-18-20(7-13)34(12-26(29)3-4-26)24(37)27(18)5-6-27/h1-2,7,9,11,14-15,17H,3-6,8,10,12H2,(H2,31,32,36,38)/t14-,15+,17?/m1/s1. The smallest absolute Gasteiger partial charge is 0.321 e. The van der Waals surface area contributed by atoms with Crippen molar-refractivity contribution in [2.45, 2.75) is 60.9 Å². The lowest BCUT2D eigenvalue weighted by Crippen LogP contribution is -2.51. The van der Waals surface area contributed by atoms with Crippen LogP contribution in [0, 0.1) is 5.95 Å². The SMILES string of the molecule is O=C1NCC(c2cc([C@H]3C[C@@H]3c3ccc4c(c3)N(CC3(F)CC3)C(=O)C43CC3)c3ncc(F)n3n2)C(=O)N1. The van der Waals surface area contributed by atoms with Crippen molar-refractivity contribution >= 4 is 29.2 Å². The Hall–Kier alpha value is -3.89. The van der Waals surface area contributed by atoms with Crippen LogP contribution in [0.5, 0.6) is 0 Å². The second-order valence-corrected chi connectivity index (χ2v) is 11.4. The Balaban J connectivity index is 1.15. The molecule has 1 unspecified atom stereocenters. The molecule has 1 spiro atoms. The third-order valence-electron chi connectivity index (χ3n) is 8.94. The molecule has 1 aromatic carbocycles. The van der Waals surface area contributed by atoms with E-state index in [1.807, 2.05) is 12.1 Å². The zero-order chi connectivity index (χ0) is 26.0. The van der Waals surface area contributed by atoms with Crippen LogP contribution in [0.1, 0.15) is 72.2 Å². The first kappa shape index (κ1) is 22.1. The molecule has 0 radical (unpaired) electrons. The zero-order valence-corrected chi connectivity index (χ0v) is 20.3. The van der Waals surface area contributed by atoms with Crippen molar-refractivity contribution in [3.63, 3.8) is 0 Å². The highest BCUT2D eigenvalue weighted by atomic mass is 19.1. The van der Waals surface area contributed by atoms with Crippen LogP contribution in [0.15, 0.2) is 30.5 Å². The monoisotopic (exact) mass is 518 g/mol. The van der Waals surface area contributed by atoms with Gasteiger partial charge in [0, 0.05) is 17.8 Å². The number of urea groups is 1. The molecule has 4 amide bonds. The quantitative estimate of drug-likeness (QED) is 0.540. The van der Waals surface area contributed by atoms with Crippen LogP contribution in [0.2, 0.25) is 0 Å². The summed E-state index contributed by atoms with van der Waals surface area (Å²) in [6.07, 6.45) is 4.48. The molecule has 1 saturated heterocycles. The Morgan fingerprint density at radius 3 is 2.63 bits per heavy atom. The summed E-state index contributed by atoms with van der Waals surface area (Å²) in [5.41, 5.74) is 2.63. The van der Waals surface area contributed by atoms with Crippen molar-refractivity contribution < 1.29 is 23.2 Å². The van der Waals surface area contributed by atoms with E-state index in [0.29, 0.717) is 24.2 Å². The number of alkyl halides is 1. The summed E-state index contributed by atoms with van der Waals surface area (Å²) in [7, 11) is 0. The second-order valence-electron chi connectivity index (χ2n) is 11.4. The molecule has 3 saturated carbocycles. The molecule has 9 nitrogen and oxygen atoms in total. The number of nitrogens with one attached hydrogen (secondary N) is 2. The molecule has 8 rings (SSSR count). The molecule has 2 aromatic heterocycles. The fraction of sp³-hybridized carbons (Fsp3) is 0.444. The van der Waals surface area contributed by atoms with Gasteiger partial charge in [-0.3, -0.25) is 14.9 Å². The van der Waals surface area contributed by atoms with Crippen LogP contribution in [0.4, 0.5) is 19.3 Å². The Kier molecular flexibility index (Phi) is 4.16. The third kappa shape index (κ3) is 3.10. The number of halogens is 2. The van der Waals surface area contributed by atoms with Gasteiger partial charge in [-0.25, -0.2) is 14.2 Å². The number of imidazole rings is 1. The molecule has 4 heterocycles. The van der Waals surface area contributed by atoms with Gasteiger partial charge >= 0.3 is 6.03 Å². The maximum absolute atomic E-state index is 14.7.